The predicted octanol–water partition coefficient (Wildman–Crippen LogP) is 1.22. The molecule has 1 amide bonds. The number of amides is 1. The van der Waals surface area contributed by atoms with Gasteiger partial charge in [-0.2, -0.15) is 0 Å². The molecule has 0 saturated heterocycles. The highest BCUT2D eigenvalue weighted by molar-refractivity contribution is 5.91. The maximum atomic E-state index is 10.5. The number of hydrogen-bond acceptors (Lipinski definition) is 1. The van der Waals surface area contributed by atoms with Gasteiger partial charge < -0.3 is 5.73 Å². The lowest BCUT2D eigenvalue weighted by molar-refractivity contribution is -0.114. The molecule has 0 aliphatic rings. The van der Waals surface area contributed by atoms with Crippen molar-refractivity contribution in [2.45, 2.75) is 26.7 Å². The van der Waals surface area contributed by atoms with E-state index in [9.17, 15) is 4.79 Å². The standard InChI is InChI=1S/C7H13NO/c1-3-5-6(4-2)7(8)9/h4H,3,5H2,1-2H3,(H2,8,9)/b6-4-. The van der Waals surface area contributed by atoms with Crippen LogP contribution in [-0.4, -0.2) is 5.91 Å². The molecule has 0 atom stereocenters. The average Bonchev–Trinajstić information content (AvgIpc) is 1.82. The van der Waals surface area contributed by atoms with Crippen molar-refractivity contribution in [2.24, 2.45) is 5.73 Å². The van der Waals surface area contributed by atoms with Gasteiger partial charge in [-0.1, -0.05) is 19.4 Å². The smallest absolute Gasteiger partial charge is 0.244 e. The van der Waals surface area contributed by atoms with Crippen LogP contribution in [-0.2, 0) is 4.79 Å². The summed E-state index contributed by atoms with van der Waals surface area (Å²) in [6, 6.07) is 0. The van der Waals surface area contributed by atoms with Gasteiger partial charge in [0.15, 0.2) is 0 Å². The first-order chi connectivity index (χ1) is 4.22. The highest BCUT2D eigenvalue weighted by Crippen LogP contribution is 2.01. The highest BCUT2D eigenvalue weighted by atomic mass is 16.1. The van der Waals surface area contributed by atoms with E-state index in [4.69, 9.17) is 5.73 Å². The number of nitrogens with two attached hydrogens (primary N) is 1. The normalized spacial score (nSPS) is 11.6. The third kappa shape index (κ3) is 2.90. The Kier molecular flexibility index (Phi) is 3.76. The molecular weight excluding hydrogens is 114 g/mol. The Morgan fingerprint density at radius 1 is 1.67 bits per heavy atom. The summed E-state index contributed by atoms with van der Waals surface area (Å²) in [5.41, 5.74) is 5.76. The van der Waals surface area contributed by atoms with Gasteiger partial charge in [-0.15, -0.1) is 0 Å². The van der Waals surface area contributed by atoms with Crippen LogP contribution in [0.25, 0.3) is 0 Å². The summed E-state index contributed by atoms with van der Waals surface area (Å²) in [7, 11) is 0. The summed E-state index contributed by atoms with van der Waals surface area (Å²) in [6.07, 6.45) is 3.54. The largest absolute Gasteiger partial charge is 0.366 e. The van der Waals surface area contributed by atoms with Crippen molar-refractivity contribution in [3.63, 3.8) is 0 Å². The third-order valence-corrected chi connectivity index (χ3v) is 1.18. The Morgan fingerprint density at radius 2 is 2.22 bits per heavy atom. The van der Waals surface area contributed by atoms with Crippen LogP contribution in [0.3, 0.4) is 0 Å². The van der Waals surface area contributed by atoms with Gasteiger partial charge in [0, 0.05) is 5.57 Å². The fraction of sp³-hybridized carbons (Fsp3) is 0.571. The van der Waals surface area contributed by atoms with Crippen molar-refractivity contribution < 1.29 is 4.79 Å². The van der Waals surface area contributed by atoms with E-state index in [1.54, 1.807) is 6.08 Å². The molecule has 0 aliphatic carbocycles. The lowest BCUT2D eigenvalue weighted by atomic mass is 10.1. The lowest BCUT2D eigenvalue weighted by Crippen LogP contribution is -2.13. The van der Waals surface area contributed by atoms with Gasteiger partial charge in [-0.25, -0.2) is 0 Å². The van der Waals surface area contributed by atoms with E-state index in [1.807, 2.05) is 13.8 Å². The van der Waals surface area contributed by atoms with E-state index < -0.39 is 0 Å². The van der Waals surface area contributed by atoms with Crippen LogP contribution in [0.15, 0.2) is 11.6 Å². The van der Waals surface area contributed by atoms with Crippen molar-refractivity contribution in [1.82, 2.24) is 0 Å². The second-order valence-electron chi connectivity index (χ2n) is 1.93. The Labute approximate surface area is 55.7 Å². The first-order valence-corrected chi connectivity index (χ1v) is 3.17. The SMILES string of the molecule is C/C=C(/CCC)C(N)=O. The molecule has 0 aromatic rings. The van der Waals surface area contributed by atoms with Crippen LogP contribution < -0.4 is 5.73 Å². The number of carbonyl (C=O) groups excluding carboxylic acids is 1. The van der Waals surface area contributed by atoms with Crippen molar-refractivity contribution in [1.29, 1.82) is 0 Å². The van der Waals surface area contributed by atoms with E-state index in [0.717, 1.165) is 18.4 Å². The molecule has 0 rings (SSSR count). The number of hydrogen-bond donors (Lipinski definition) is 1. The molecule has 2 N–H and O–H groups in total. The zero-order valence-corrected chi connectivity index (χ0v) is 5.98. The second kappa shape index (κ2) is 4.13. The fourth-order valence-electron chi connectivity index (χ4n) is 0.679. The van der Waals surface area contributed by atoms with Crippen molar-refractivity contribution in [3.8, 4) is 0 Å². The number of allylic oxidation sites excluding steroid dienone is 1. The van der Waals surface area contributed by atoms with Gasteiger partial charge in [0.2, 0.25) is 5.91 Å². The molecule has 9 heavy (non-hydrogen) atoms. The molecule has 0 fully saturated rings. The fourth-order valence-corrected chi connectivity index (χ4v) is 0.679. The van der Waals surface area contributed by atoms with E-state index in [2.05, 4.69) is 0 Å². The molecule has 52 valence electrons. The Balaban J connectivity index is 3.85. The van der Waals surface area contributed by atoms with Crippen molar-refractivity contribution in [3.05, 3.63) is 11.6 Å². The van der Waals surface area contributed by atoms with Crippen LogP contribution in [0.2, 0.25) is 0 Å². The average molecular weight is 127 g/mol. The molecular formula is C7H13NO. The van der Waals surface area contributed by atoms with Crippen LogP contribution in [0, 0.1) is 0 Å². The molecule has 0 aromatic heterocycles. The van der Waals surface area contributed by atoms with Crippen molar-refractivity contribution >= 4 is 5.91 Å². The molecule has 0 saturated carbocycles. The molecule has 0 radical (unpaired) electrons. The maximum Gasteiger partial charge on any atom is 0.244 e. The van der Waals surface area contributed by atoms with Crippen molar-refractivity contribution in [2.75, 3.05) is 0 Å². The monoisotopic (exact) mass is 127 g/mol. The van der Waals surface area contributed by atoms with Gasteiger partial charge in [0.1, 0.15) is 0 Å². The molecule has 0 spiro atoms. The third-order valence-electron chi connectivity index (χ3n) is 1.18. The molecule has 0 heterocycles. The van der Waals surface area contributed by atoms with Crippen LogP contribution >= 0.6 is 0 Å². The van der Waals surface area contributed by atoms with Gasteiger partial charge in [0.05, 0.1) is 0 Å². The Hall–Kier alpha value is -0.790. The first-order valence-electron chi connectivity index (χ1n) is 3.17. The van der Waals surface area contributed by atoms with Crippen LogP contribution in [0.1, 0.15) is 26.7 Å². The lowest BCUT2D eigenvalue weighted by Gasteiger charge is -1.96. The second-order valence-corrected chi connectivity index (χ2v) is 1.93. The minimum atomic E-state index is -0.292. The summed E-state index contributed by atoms with van der Waals surface area (Å²) < 4.78 is 0. The van der Waals surface area contributed by atoms with Crippen LogP contribution in [0.4, 0.5) is 0 Å². The summed E-state index contributed by atoms with van der Waals surface area (Å²) in [4.78, 5) is 10.5. The minimum absolute atomic E-state index is 0.292. The number of primary amides is 1. The summed E-state index contributed by atoms with van der Waals surface area (Å²) in [6.45, 7) is 3.85. The molecule has 2 nitrogen and oxygen atoms in total. The van der Waals surface area contributed by atoms with E-state index in [0.29, 0.717) is 0 Å². The Morgan fingerprint density at radius 3 is 2.33 bits per heavy atom. The minimum Gasteiger partial charge on any atom is -0.366 e. The molecule has 2 heteroatoms. The molecule has 0 unspecified atom stereocenters. The van der Waals surface area contributed by atoms with E-state index in [1.165, 1.54) is 0 Å². The summed E-state index contributed by atoms with van der Waals surface area (Å²) in [5.74, 6) is -0.292. The maximum absolute atomic E-state index is 10.5. The zero-order chi connectivity index (χ0) is 7.28. The van der Waals surface area contributed by atoms with Crippen LogP contribution in [0.5, 0.6) is 0 Å². The van der Waals surface area contributed by atoms with Gasteiger partial charge >= 0.3 is 0 Å². The number of rotatable bonds is 3. The quantitative estimate of drug-likeness (QED) is 0.569. The molecule has 0 aliphatic heterocycles. The summed E-state index contributed by atoms with van der Waals surface area (Å²) in [5, 5.41) is 0. The first kappa shape index (κ1) is 8.21. The molecule has 0 bridgehead atoms. The van der Waals surface area contributed by atoms with E-state index >= 15 is 0 Å². The Bertz CT molecular complexity index is 127. The zero-order valence-electron chi connectivity index (χ0n) is 5.98. The van der Waals surface area contributed by atoms with E-state index in [-0.39, 0.29) is 5.91 Å². The molecule has 0 aromatic carbocycles. The van der Waals surface area contributed by atoms with Gasteiger partial charge in [-0.05, 0) is 13.3 Å². The number of carbonyl (C=O) groups is 1. The topological polar surface area (TPSA) is 43.1 Å². The van der Waals surface area contributed by atoms with Gasteiger partial charge in [-0.3, -0.25) is 4.79 Å². The summed E-state index contributed by atoms with van der Waals surface area (Å²) >= 11 is 0. The highest BCUT2D eigenvalue weighted by Gasteiger charge is 1.99. The predicted molar refractivity (Wildman–Crippen MR) is 37.9 cm³/mol. The van der Waals surface area contributed by atoms with Gasteiger partial charge in [0.25, 0.3) is 0 Å².